The lowest BCUT2D eigenvalue weighted by atomic mass is 9.87. The van der Waals surface area contributed by atoms with Crippen molar-refractivity contribution in [2.45, 2.75) is 59.4 Å². The average Bonchev–Trinajstić information content (AvgIpc) is 2.34. The second-order valence-electron chi connectivity index (χ2n) is 6.85. The number of amides is 2. The summed E-state index contributed by atoms with van der Waals surface area (Å²) < 4.78 is 0. The van der Waals surface area contributed by atoms with Crippen molar-refractivity contribution in [2.75, 3.05) is 13.6 Å². The summed E-state index contributed by atoms with van der Waals surface area (Å²) in [6.07, 6.45) is 4.54. The van der Waals surface area contributed by atoms with Gasteiger partial charge >= 0.3 is 0 Å². The molecule has 1 N–H and O–H groups in total. The molecule has 19 heavy (non-hydrogen) atoms. The van der Waals surface area contributed by atoms with Crippen LogP contribution in [0.25, 0.3) is 0 Å². The molecule has 0 aromatic rings. The van der Waals surface area contributed by atoms with Gasteiger partial charge in [-0.2, -0.15) is 0 Å². The van der Waals surface area contributed by atoms with Crippen LogP contribution in [0.15, 0.2) is 0 Å². The molecule has 0 heterocycles. The summed E-state index contributed by atoms with van der Waals surface area (Å²) in [5.41, 5.74) is -0.445. The first-order chi connectivity index (χ1) is 8.71. The van der Waals surface area contributed by atoms with E-state index in [1.165, 1.54) is 12.8 Å². The van der Waals surface area contributed by atoms with E-state index in [2.05, 4.69) is 12.2 Å². The molecule has 1 rings (SSSR count). The maximum atomic E-state index is 12.1. The Hall–Kier alpha value is -1.06. The zero-order valence-electron chi connectivity index (χ0n) is 13.0. The number of carbonyl (C=O) groups is 2. The number of nitrogens with zero attached hydrogens (tertiary/aromatic N) is 1. The largest absolute Gasteiger partial charge is 0.347 e. The Balaban J connectivity index is 2.39. The molecule has 0 saturated heterocycles. The molecule has 0 radical (unpaired) electrons. The van der Waals surface area contributed by atoms with Crippen LogP contribution in [0.1, 0.15) is 53.4 Å². The summed E-state index contributed by atoms with van der Waals surface area (Å²) in [6, 6.07) is 0.343. The molecule has 0 aromatic heterocycles. The molecule has 0 unspecified atom stereocenters. The normalized spacial score (nSPS) is 23.8. The maximum Gasteiger partial charge on any atom is 0.241 e. The fraction of sp³-hybridized carbons (Fsp3) is 0.867. The third-order valence-corrected chi connectivity index (χ3v) is 4.01. The number of likely N-dealkylation sites (N-methyl/N-ethyl adjacent to an activating group) is 1. The van der Waals surface area contributed by atoms with Gasteiger partial charge in [-0.15, -0.1) is 0 Å². The van der Waals surface area contributed by atoms with Crippen molar-refractivity contribution in [1.29, 1.82) is 0 Å². The summed E-state index contributed by atoms with van der Waals surface area (Å²) in [6.45, 7) is 7.91. The van der Waals surface area contributed by atoms with E-state index >= 15 is 0 Å². The van der Waals surface area contributed by atoms with Gasteiger partial charge < -0.3 is 10.2 Å². The molecule has 0 aromatic carbocycles. The highest BCUT2D eigenvalue weighted by Crippen LogP contribution is 2.26. The van der Waals surface area contributed by atoms with E-state index in [4.69, 9.17) is 0 Å². The molecule has 0 bridgehead atoms. The smallest absolute Gasteiger partial charge is 0.241 e. The molecule has 0 aliphatic heterocycles. The number of carbonyl (C=O) groups excluding carboxylic acids is 2. The molecule has 4 nitrogen and oxygen atoms in total. The first-order valence-corrected chi connectivity index (χ1v) is 7.25. The quantitative estimate of drug-likeness (QED) is 0.853. The fourth-order valence-corrected chi connectivity index (χ4v) is 2.38. The molecule has 110 valence electrons. The van der Waals surface area contributed by atoms with Crippen molar-refractivity contribution in [1.82, 2.24) is 10.2 Å². The number of nitrogens with one attached hydrogen (secondary N) is 1. The minimum atomic E-state index is -0.445. The zero-order chi connectivity index (χ0) is 14.6. The van der Waals surface area contributed by atoms with Crippen molar-refractivity contribution >= 4 is 11.8 Å². The summed E-state index contributed by atoms with van der Waals surface area (Å²) in [5.74, 6) is 0.712. The lowest BCUT2D eigenvalue weighted by Crippen LogP contribution is -2.46. The predicted molar refractivity (Wildman–Crippen MR) is 76.7 cm³/mol. The predicted octanol–water partition coefficient (Wildman–Crippen LogP) is 2.19. The Morgan fingerprint density at radius 1 is 1.16 bits per heavy atom. The SMILES string of the molecule is CC1CCC(N(C)C(=O)CNC(=O)C(C)(C)C)CC1. The number of hydrogen-bond acceptors (Lipinski definition) is 2. The van der Waals surface area contributed by atoms with Gasteiger partial charge in [0.25, 0.3) is 0 Å². The van der Waals surface area contributed by atoms with E-state index in [1.807, 2.05) is 32.7 Å². The highest BCUT2D eigenvalue weighted by molar-refractivity contribution is 5.87. The minimum absolute atomic E-state index is 0.0113. The van der Waals surface area contributed by atoms with Gasteiger partial charge in [-0.3, -0.25) is 9.59 Å². The molecule has 4 heteroatoms. The third kappa shape index (κ3) is 4.84. The van der Waals surface area contributed by atoms with Crippen molar-refractivity contribution in [3.63, 3.8) is 0 Å². The Labute approximate surface area is 116 Å². The highest BCUT2D eigenvalue weighted by Gasteiger charge is 2.26. The van der Waals surface area contributed by atoms with Crippen LogP contribution in [0.5, 0.6) is 0 Å². The topological polar surface area (TPSA) is 49.4 Å². The number of hydrogen-bond donors (Lipinski definition) is 1. The molecule has 1 aliphatic rings. The van der Waals surface area contributed by atoms with Gasteiger partial charge in [0.15, 0.2) is 0 Å². The van der Waals surface area contributed by atoms with Gasteiger partial charge in [-0.1, -0.05) is 27.7 Å². The van der Waals surface area contributed by atoms with Gasteiger partial charge in [0.2, 0.25) is 11.8 Å². The van der Waals surface area contributed by atoms with Crippen LogP contribution >= 0.6 is 0 Å². The van der Waals surface area contributed by atoms with E-state index < -0.39 is 5.41 Å². The summed E-state index contributed by atoms with van der Waals surface area (Å²) in [4.78, 5) is 25.6. The fourth-order valence-electron chi connectivity index (χ4n) is 2.38. The van der Waals surface area contributed by atoms with Crippen LogP contribution in [0.4, 0.5) is 0 Å². The van der Waals surface area contributed by atoms with Gasteiger partial charge in [0.1, 0.15) is 0 Å². The van der Waals surface area contributed by atoms with Gasteiger partial charge in [0.05, 0.1) is 6.54 Å². The second kappa shape index (κ2) is 6.40. The number of rotatable bonds is 3. The van der Waals surface area contributed by atoms with Crippen LogP contribution in [0.2, 0.25) is 0 Å². The van der Waals surface area contributed by atoms with Crippen molar-refractivity contribution in [2.24, 2.45) is 11.3 Å². The molecule has 2 amide bonds. The molecular weight excluding hydrogens is 240 g/mol. The van der Waals surface area contributed by atoms with Crippen LogP contribution in [-0.4, -0.2) is 36.3 Å². The van der Waals surface area contributed by atoms with E-state index in [0.29, 0.717) is 6.04 Å². The first kappa shape index (κ1) is 16.0. The summed E-state index contributed by atoms with van der Waals surface area (Å²) in [7, 11) is 1.85. The molecule has 1 saturated carbocycles. The van der Waals surface area contributed by atoms with E-state index in [-0.39, 0.29) is 18.4 Å². The average molecular weight is 268 g/mol. The zero-order valence-corrected chi connectivity index (χ0v) is 13.0. The molecule has 0 spiro atoms. The molecule has 1 aliphatic carbocycles. The van der Waals surface area contributed by atoms with Gasteiger partial charge in [0, 0.05) is 18.5 Å². The Kier molecular flexibility index (Phi) is 5.39. The summed E-state index contributed by atoms with van der Waals surface area (Å²) in [5, 5.41) is 2.72. The third-order valence-electron chi connectivity index (χ3n) is 4.01. The van der Waals surface area contributed by atoms with Crippen molar-refractivity contribution < 1.29 is 9.59 Å². The first-order valence-electron chi connectivity index (χ1n) is 7.25. The molecule has 1 fully saturated rings. The maximum absolute atomic E-state index is 12.1. The van der Waals surface area contributed by atoms with E-state index in [1.54, 1.807) is 0 Å². The Morgan fingerprint density at radius 3 is 2.16 bits per heavy atom. The lowest BCUT2D eigenvalue weighted by Gasteiger charge is -2.33. The van der Waals surface area contributed by atoms with Crippen LogP contribution in [0, 0.1) is 11.3 Å². The van der Waals surface area contributed by atoms with Crippen molar-refractivity contribution in [3.8, 4) is 0 Å². The summed E-state index contributed by atoms with van der Waals surface area (Å²) >= 11 is 0. The van der Waals surface area contributed by atoms with Gasteiger partial charge in [-0.25, -0.2) is 0 Å². The van der Waals surface area contributed by atoms with E-state index in [9.17, 15) is 9.59 Å². The lowest BCUT2D eigenvalue weighted by molar-refractivity contribution is -0.136. The van der Waals surface area contributed by atoms with Crippen molar-refractivity contribution in [3.05, 3.63) is 0 Å². The second-order valence-corrected chi connectivity index (χ2v) is 6.85. The van der Waals surface area contributed by atoms with Gasteiger partial charge in [-0.05, 0) is 31.6 Å². The minimum Gasteiger partial charge on any atom is -0.347 e. The van der Waals surface area contributed by atoms with Crippen LogP contribution < -0.4 is 5.32 Å². The monoisotopic (exact) mass is 268 g/mol. The van der Waals surface area contributed by atoms with E-state index in [0.717, 1.165) is 18.8 Å². The standard InChI is InChI=1S/C15H28N2O2/c1-11-6-8-12(9-7-11)17(5)13(18)10-16-14(19)15(2,3)4/h11-12H,6-10H2,1-5H3,(H,16,19). The van der Waals surface area contributed by atoms with Crippen LogP contribution in [0.3, 0.4) is 0 Å². The highest BCUT2D eigenvalue weighted by atomic mass is 16.2. The molecular formula is C15H28N2O2. The Bertz CT molecular complexity index is 326. The Morgan fingerprint density at radius 2 is 1.68 bits per heavy atom. The van der Waals surface area contributed by atoms with Crippen LogP contribution in [-0.2, 0) is 9.59 Å². The molecule has 0 atom stereocenters.